The highest BCUT2D eigenvalue weighted by atomic mass is 35.5. The lowest BCUT2D eigenvalue weighted by Crippen LogP contribution is -2.36. The summed E-state index contributed by atoms with van der Waals surface area (Å²) in [6.45, 7) is 6.27. The molecule has 0 aromatic heterocycles. The van der Waals surface area contributed by atoms with Gasteiger partial charge in [0.25, 0.3) is 0 Å². The first-order chi connectivity index (χ1) is 7.97. The Morgan fingerprint density at radius 2 is 1.82 bits per heavy atom. The van der Waals surface area contributed by atoms with E-state index in [2.05, 4.69) is 24.5 Å². The molecule has 0 aliphatic carbocycles. The van der Waals surface area contributed by atoms with Crippen LogP contribution in [0.25, 0.3) is 0 Å². The molecule has 0 unspecified atom stereocenters. The summed E-state index contributed by atoms with van der Waals surface area (Å²) < 4.78 is 0. The molecule has 0 heterocycles. The SMILES string of the molecule is CC(C)C[C@@H](C)NC(=O)Nc1ccc(Cl)cc1. The fourth-order valence-electron chi connectivity index (χ4n) is 1.69. The average molecular weight is 255 g/mol. The summed E-state index contributed by atoms with van der Waals surface area (Å²) in [6, 6.07) is 7.02. The van der Waals surface area contributed by atoms with Crippen LogP contribution in [0.2, 0.25) is 5.02 Å². The van der Waals surface area contributed by atoms with Crippen molar-refractivity contribution in [1.82, 2.24) is 5.32 Å². The Bertz CT molecular complexity index is 362. The summed E-state index contributed by atoms with van der Waals surface area (Å²) in [6.07, 6.45) is 0.966. The van der Waals surface area contributed by atoms with Gasteiger partial charge in [0.05, 0.1) is 0 Å². The Balaban J connectivity index is 2.41. The summed E-state index contributed by atoms with van der Waals surface area (Å²) in [5.41, 5.74) is 0.739. The van der Waals surface area contributed by atoms with Crippen molar-refractivity contribution in [1.29, 1.82) is 0 Å². The molecule has 2 amide bonds. The summed E-state index contributed by atoms with van der Waals surface area (Å²) in [7, 11) is 0. The number of carbonyl (C=O) groups excluding carboxylic acids is 1. The lowest BCUT2D eigenvalue weighted by molar-refractivity contribution is 0.247. The Labute approximate surface area is 108 Å². The first-order valence-electron chi connectivity index (χ1n) is 5.80. The van der Waals surface area contributed by atoms with Gasteiger partial charge in [-0.05, 0) is 43.5 Å². The molecule has 1 aromatic carbocycles. The van der Waals surface area contributed by atoms with Crippen LogP contribution in [0.4, 0.5) is 10.5 Å². The molecule has 1 atom stereocenters. The van der Waals surface area contributed by atoms with E-state index >= 15 is 0 Å². The second-order valence-electron chi connectivity index (χ2n) is 4.64. The topological polar surface area (TPSA) is 41.1 Å². The number of hydrogen-bond acceptors (Lipinski definition) is 1. The summed E-state index contributed by atoms with van der Waals surface area (Å²) in [5.74, 6) is 0.570. The Hall–Kier alpha value is -1.22. The third-order valence-corrected chi connectivity index (χ3v) is 2.56. The van der Waals surface area contributed by atoms with Gasteiger partial charge in [-0.15, -0.1) is 0 Å². The van der Waals surface area contributed by atoms with Gasteiger partial charge in [-0.1, -0.05) is 25.4 Å². The average Bonchev–Trinajstić information content (AvgIpc) is 2.19. The third-order valence-electron chi connectivity index (χ3n) is 2.30. The van der Waals surface area contributed by atoms with Gasteiger partial charge in [-0.2, -0.15) is 0 Å². The number of carbonyl (C=O) groups is 1. The van der Waals surface area contributed by atoms with E-state index in [-0.39, 0.29) is 12.1 Å². The molecule has 1 aromatic rings. The molecular weight excluding hydrogens is 236 g/mol. The highest BCUT2D eigenvalue weighted by Gasteiger charge is 2.08. The fraction of sp³-hybridized carbons (Fsp3) is 0.462. The van der Waals surface area contributed by atoms with Gasteiger partial charge in [0.2, 0.25) is 0 Å². The normalized spacial score (nSPS) is 12.3. The molecule has 0 saturated carbocycles. The summed E-state index contributed by atoms with van der Waals surface area (Å²) in [5, 5.41) is 6.31. The minimum atomic E-state index is -0.180. The van der Waals surface area contributed by atoms with E-state index in [9.17, 15) is 4.79 Å². The molecule has 0 bridgehead atoms. The van der Waals surface area contributed by atoms with Crippen molar-refractivity contribution in [2.45, 2.75) is 33.2 Å². The van der Waals surface area contributed by atoms with Crippen LogP contribution in [0, 0.1) is 5.92 Å². The zero-order valence-corrected chi connectivity index (χ0v) is 11.2. The van der Waals surface area contributed by atoms with Gasteiger partial charge in [-0.25, -0.2) is 4.79 Å². The number of rotatable bonds is 4. The van der Waals surface area contributed by atoms with Crippen molar-refractivity contribution >= 4 is 23.3 Å². The van der Waals surface area contributed by atoms with Crippen molar-refractivity contribution in [2.75, 3.05) is 5.32 Å². The highest BCUT2D eigenvalue weighted by molar-refractivity contribution is 6.30. The first kappa shape index (κ1) is 13.8. The molecule has 1 rings (SSSR count). The number of amides is 2. The van der Waals surface area contributed by atoms with Crippen LogP contribution in [-0.2, 0) is 0 Å². The molecule has 0 spiro atoms. The molecule has 94 valence electrons. The number of halogens is 1. The predicted molar refractivity (Wildman–Crippen MR) is 72.5 cm³/mol. The van der Waals surface area contributed by atoms with Crippen molar-refractivity contribution in [3.05, 3.63) is 29.3 Å². The highest BCUT2D eigenvalue weighted by Crippen LogP contribution is 2.13. The van der Waals surface area contributed by atoms with Gasteiger partial charge >= 0.3 is 6.03 Å². The standard InChI is InChI=1S/C13H19ClN2O/c1-9(2)8-10(3)15-13(17)16-12-6-4-11(14)5-7-12/h4-7,9-10H,8H2,1-3H3,(H2,15,16,17)/t10-/m1/s1. The molecule has 0 saturated heterocycles. The molecule has 4 heteroatoms. The van der Waals surface area contributed by atoms with Crippen molar-refractivity contribution in [3.8, 4) is 0 Å². The lowest BCUT2D eigenvalue weighted by Gasteiger charge is -2.16. The molecule has 0 aliphatic heterocycles. The quantitative estimate of drug-likeness (QED) is 0.841. The smallest absolute Gasteiger partial charge is 0.319 e. The van der Waals surface area contributed by atoms with Crippen molar-refractivity contribution in [3.63, 3.8) is 0 Å². The predicted octanol–water partition coefficient (Wildman–Crippen LogP) is 3.90. The zero-order valence-electron chi connectivity index (χ0n) is 10.5. The van der Waals surface area contributed by atoms with E-state index in [0.29, 0.717) is 10.9 Å². The van der Waals surface area contributed by atoms with Crippen LogP contribution >= 0.6 is 11.6 Å². The van der Waals surface area contributed by atoms with E-state index in [0.717, 1.165) is 12.1 Å². The second kappa shape index (κ2) is 6.50. The molecule has 0 aliphatic rings. The molecule has 17 heavy (non-hydrogen) atoms. The first-order valence-corrected chi connectivity index (χ1v) is 6.18. The van der Waals surface area contributed by atoms with Gasteiger partial charge in [0.15, 0.2) is 0 Å². The number of anilines is 1. The van der Waals surface area contributed by atoms with Crippen LogP contribution < -0.4 is 10.6 Å². The minimum Gasteiger partial charge on any atom is -0.335 e. The van der Waals surface area contributed by atoms with Gasteiger partial charge < -0.3 is 10.6 Å². The largest absolute Gasteiger partial charge is 0.335 e. The molecule has 0 radical (unpaired) electrons. The number of benzene rings is 1. The zero-order chi connectivity index (χ0) is 12.8. The Morgan fingerprint density at radius 3 is 2.35 bits per heavy atom. The molecule has 0 fully saturated rings. The van der Waals surface area contributed by atoms with E-state index < -0.39 is 0 Å². The fourth-order valence-corrected chi connectivity index (χ4v) is 1.82. The molecular formula is C13H19ClN2O. The van der Waals surface area contributed by atoms with Crippen LogP contribution in [0.3, 0.4) is 0 Å². The van der Waals surface area contributed by atoms with E-state index in [1.165, 1.54) is 0 Å². The number of urea groups is 1. The monoisotopic (exact) mass is 254 g/mol. The van der Waals surface area contributed by atoms with Crippen LogP contribution in [0.1, 0.15) is 27.2 Å². The second-order valence-corrected chi connectivity index (χ2v) is 5.07. The lowest BCUT2D eigenvalue weighted by atomic mass is 10.1. The minimum absolute atomic E-state index is 0.169. The van der Waals surface area contributed by atoms with Crippen molar-refractivity contribution < 1.29 is 4.79 Å². The third kappa shape index (κ3) is 5.59. The summed E-state index contributed by atoms with van der Waals surface area (Å²) in [4.78, 5) is 11.6. The Morgan fingerprint density at radius 1 is 1.24 bits per heavy atom. The maximum absolute atomic E-state index is 11.6. The van der Waals surface area contributed by atoms with Gasteiger partial charge in [-0.3, -0.25) is 0 Å². The Kier molecular flexibility index (Phi) is 5.29. The van der Waals surface area contributed by atoms with Crippen molar-refractivity contribution in [2.24, 2.45) is 5.92 Å². The summed E-state index contributed by atoms with van der Waals surface area (Å²) >= 11 is 5.76. The van der Waals surface area contributed by atoms with Crippen LogP contribution in [0.15, 0.2) is 24.3 Å². The van der Waals surface area contributed by atoms with Gasteiger partial charge in [0.1, 0.15) is 0 Å². The molecule has 3 nitrogen and oxygen atoms in total. The van der Waals surface area contributed by atoms with E-state index in [4.69, 9.17) is 11.6 Å². The maximum Gasteiger partial charge on any atom is 0.319 e. The van der Waals surface area contributed by atoms with Crippen LogP contribution in [-0.4, -0.2) is 12.1 Å². The van der Waals surface area contributed by atoms with E-state index in [1.807, 2.05) is 6.92 Å². The van der Waals surface area contributed by atoms with Crippen LogP contribution in [0.5, 0.6) is 0 Å². The number of hydrogen-bond donors (Lipinski definition) is 2. The number of nitrogens with one attached hydrogen (secondary N) is 2. The van der Waals surface area contributed by atoms with E-state index in [1.54, 1.807) is 24.3 Å². The van der Waals surface area contributed by atoms with Gasteiger partial charge in [0, 0.05) is 16.8 Å². The maximum atomic E-state index is 11.6. The molecule has 2 N–H and O–H groups in total.